The van der Waals surface area contributed by atoms with Gasteiger partial charge in [-0.2, -0.15) is 0 Å². The molecule has 1 aromatic carbocycles. The van der Waals surface area contributed by atoms with E-state index in [1.807, 2.05) is 30.3 Å². The predicted molar refractivity (Wildman–Crippen MR) is 72.3 cm³/mol. The number of carbonyl (C=O) groups excluding carboxylic acids is 1. The van der Waals surface area contributed by atoms with Crippen LogP contribution in [0.4, 0.5) is 0 Å². The Labute approximate surface area is 107 Å². The number of benzene rings is 1. The minimum absolute atomic E-state index is 0.110. The number of thiocarbonyl (C=S) groups is 1. The highest BCUT2D eigenvalue weighted by Gasteiger charge is 2.14. The van der Waals surface area contributed by atoms with Crippen LogP contribution in [-0.4, -0.2) is 16.9 Å². The molecule has 92 valence electrons. The summed E-state index contributed by atoms with van der Waals surface area (Å²) in [6.07, 6.45) is 1.57. The zero-order valence-electron chi connectivity index (χ0n) is 9.77. The van der Waals surface area contributed by atoms with Gasteiger partial charge in [0.05, 0.1) is 6.04 Å². The Morgan fingerprint density at radius 1 is 1.41 bits per heavy atom. The van der Waals surface area contributed by atoms with Gasteiger partial charge in [-0.3, -0.25) is 4.79 Å². The van der Waals surface area contributed by atoms with E-state index in [1.165, 1.54) is 12.5 Å². The topological polar surface area (TPSA) is 67.2 Å². The van der Waals surface area contributed by atoms with Crippen molar-refractivity contribution >= 4 is 23.1 Å². The molecule has 0 radical (unpaired) electrons. The van der Waals surface area contributed by atoms with Crippen LogP contribution in [-0.2, 0) is 11.2 Å². The van der Waals surface area contributed by atoms with E-state index >= 15 is 0 Å². The molecule has 1 aromatic rings. The fourth-order valence-electron chi connectivity index (χ4n) is 1.57. The molecule has 1 atom stereocenters. The zero-order valence-corrected chi connectivity index (χ0v) is 10.6. The van der Waals surface area contributed by atoms with E-state index in [-0.39, 0.29) is 11.9 Å². The molecule has 1 rings (SSSR count). The van der Waals surface area contributed by atoms with Gasteiger partial charge in [-0.25, -0.2) is 5.84 Å². The van der Waals surface area contributed by atoms with Crippen molar-refractivity contribution in [1.29, 1.82) is 0 Å². The van der Waals surface area contributed by atoms with E-state index in [1.54, 1.807) is 0 Å². The number of amides is 1. The molecule has 0 aliphatic heterocycles. The molecular weight excluding hydrogens is 234 g/mol. The minimum Gasteiger partial charge on any atom is -0.347 e. The molecule has 4 nitrogen and oxygen atoms in total. The van der Waals surface area contributed by atoms with Gasteiger partial charge in [-0.1, -0.05) is 42.5 Å². The molecule has 1 unspecified atom stereocenters. The Kier molecular flexibility index (Phi) is 5.59. The van der Waals surface area contributed by atoms with Gasteiger partial charge < -0.3 is 10.7 Å². The number of nitrogens with one attached hydrogen (secondary N) is 2. The highest BCUT2D eigenvalue weighted by Crippen LogP contribution is 2.05. The smallest absolute Gasteiger partial charge is 0.217 e. The molecule has 0 spiro atoms. The molecule has 4 N–H and O–H groups in total. The summed E-state index contributed by atoms with van der Waals surface area (Å²) < 4.78 is 0. The monoisotopic (exact) mass is 251 g/mol. The second-order valence-corrected chi connectivity index (χ2v) is 4.23. The molecule has 0 saturated heterocycles. The molecule has 0 aromatic heterocycles. The Hall–Kier alpha value is -1.46. The highest BCUT2D eigenvalue weighted by molar-refractivity contribution is 7.80. The maximum atomic E-state index is 11.0. The quantitative estimate of drug-likeness (QED) is 0.413. The lowest BCUT2D eigenvalue weighted by Gasteiger charge is -2.18. The maximum Gasteiger partial charge on any atom is 0.217 e. The lowest BCUT2D eigenvalue weighted by Crippen LogP contribution is -2.47. The first kappa shape index (κ1) is 13.6. The first-order valence-electron chi connectivity index (χ1n) is 5.45. The van der Waals surface area contributed by atoms with Crippen molar-refractivity contribution in [3.05, 3.63) is 35.9 Å². The largest absolute Gasteiger partial charge is 0.347 e. The standard InChI is InChI=1S/C12H17N3OS/c1-9(16)14-11(12(17)15-13)8-7-10-5-3-2-4-6-10/h2-6,11H,7-8,13H2,1H3,(H,14,16)(H,15,17). The summed E-state index contributed by atoms with van der Waals surface area (Å²) in [5, 5.41) is 2.78. The number of carbonyl (C=O) groups is 1. The van der Waals surface area contributed by atoms with E-state index in [0.29, 0.717) is 4.99 Å². The molecule has 0 aliphatic carbocycles. The first-order chi connectivity index (χ1) is 8.13. The lowest BCUT2D eigenvalue weighted by molar-refractivity contribution is -0.119. The molecule has 5 heteroatoms. The third kappa shape index (κ3) is 4.93. The number of aryl methyl sites for hydroxylation is 1. The summed E-state index contributed by atoms with van der Waals surface area (Å²) >= 11 is 5.06. The fourth-order valence-corrected chi connectivity index (χ4v) is 1.75. The van der Waals surface area contributed by atoms with Crippen molar-refractivity contribution in [2.24, 2.45) is 5.84 Å². The average molecular weight is 251 g/mol. The van der Waals surface area contributed by atoms with E-state index in [9.17, 15) is 4.79 Å². The van der Waals surface area contributed by atoms with Crippen LogP contribution in [0.2, 0.25) is 0 Å². The van der Waals surface area contributed by atoms with E-state index in [0.717, 1.165) is 12.8 Å². The summed E-state index contributed by atoms with van der Waals surface area (Å²) in [5.41, 5.74) is 3.63. The van der Waals surface area contributed by atoms with Crippen molar-refractivity contribution in [2.45, 2.75) is 25.8 Å². The third-order valence-electron chi connectivity index (χ3n) is 2.40. The molecule has 0 aliphatic rings. The van der Waals surface area contributed by atoms with E-state index in [4.69, 9.17) is 18.1 Å². The van der Waals surface area contributed by atoms with Crippen LogP contribution in [0, 0.1) is 0 Å². The zero-order chi connectivity index (χ0) is 12.7. The van der Waals surface area contributed by atoms with E-state index in [2.05, 4.69) is 10.7 Å². The predicted octanol–water partition coefficient (Wildman–Crippen LogP) is 0.915. The van der Waals surface area contributed by atoms with Crippen LogP contribution < -0.4 is 16.6 Å². The van der Waals surface area contributed by atoms with Gasteiger partial charge in [0.2, 0.25) is 5.91 Å². The van der Waals surface area contributed by atoms with Crippen LogP contribution >= 0.6 is 12.2 Å². The van der Waals surface area contributed by atoms with Crippen molar-refractivity contribution in [3.63, 3.8) is 0 Å². The van der Waals surface area contributed by atoms with Gasteiger partial charge in [0.1, 0.15) is 4.99 Å². The normalized spacial score (nSPS) is 11.6. The number of hydrogen-bond donors (Lipinski definition) is 3. The first-order valence-corrected chi connectivity index (χ1v) is 5.86. The molecule has 0 heterocycles. The van der Waals surface area contributed by atoms with Gasteiger partial charge in [0.25, 0.3) is 0 Å². The highest BCUT2D eigenvalue weighted by atomic mass is 32.1. The third-order valence-corrected chi connectivity index (χ3v) is 2.80. The molecule has 0 bridgehead atoms. The van der Waals surface area contributed by atoms with Gasteiger partial charge in [0.15, 0.2) is 0 Å². The Balaban J connectivity index is 2.55. The Bertz CT molecular complexity index is 381. The Morgan fingerprint density at radius 3 is 2.59 bits per heavy atom. The SMILES string of the molecule is CC(=O)NC(CCc1ccccc1)C(=S)NN. The Morgan fingerprint density at radius 2 is 2.06 bits per heavy atom. The number of rotatable bonds is 5. The summed E-state index contributed by atoms with van der Waals surface area (Å²) in [6, 6.07) is 9.83. The van der Waals surface area contributed by atoms with Gasteiger partial charge in [0, 0.05) is 6.92 Å². The average Bonchev–Trinajstić information content (AvgIpc) is 2.34. The molecular formula is C12H17N3OS. The van der Waals surface area contributed by atoms with Crippen molar-refractivity contribution in [1.82, 2.24) is 10.7 Å². The van der Waals surface area contributed by atoms with Crippen LogP contribution in [0.1, 0.15) is 18.9 Å². The van der Waals surface area contributed by atoms with Gasteiger partial charge in [-0.15, -0.1) is 0 Å². The minimum atomic E-state index is -0.215. The van der Waals surface area contributed by atoms with Crippen LogP contribution in [0.5, 0.6) is 0 Å². The van der Waals surface area contributed by atoms with Crippen LogP contribution in [0.3, 0.4) is 0 Å². The summed E-state index contributed by atoms with van der Waals surface area (Å²) in [5.74, 6) is 5.16. The van der Waals surface area contributed by atoms with Gasteiger partial charge in [-0.05, 0) is 18.4 Å². The maximum absolute atomic E-state index is 11.0. The molecule has 0 fully saturated rings. The number of hydrazine groups is 1. The molecule has 1 amide bonds. The van der Waals surface area contributed by atoms with E-state index < -0.39 is 0 Å². The summed E-state index contributed by atoms with van der Waals surface area (Å²) in [4.78, 5) is 11.5. The fraction of sp³-hybridized carbons (Fsp3) is 0.333. The lowest BCUT2D eigenvalue weighted by atomic mass is 10.1. The summed E-state index contributed by atoms with van der Waals surface area (Å²) in [6.45, 7) is 1.47. The number of nitrogens with two attached hydrogens (primary N) is 1. The van der Waals surface area contributed by atoms with Crippen molar-refractivity contribution in [2.75, 3.05) is 0 Å². The van der Waals surface area contributed by atoms with Gasteiger partial charge >= 0.3 is 0 Å². The molecule has 0 saturated carbocycles. The number of hydrogen-bond acceptors (Lipinski definition) is 3. The summed E-state index contributed by atoms with van der Waals surface area (Å²) in [7, 11) is 0. The molecule has 17 heavy (non-hydrogen) atoms. The van der Waals surface area contributed by atoms with Crippen LogP contribution in [0.15, 0.2) is 30.3 Å². The second-order valence-electron chi connectivity index (χ2n) is 3.79. The van der Waals surface area contributed by atoms with Crippen LogP contribution in [0.25, 0.3) is 0 Å². The second kappa shape index (κ2) is 6.98. The van der Waals surface area contributed by atoms with Crippen molar-refractivity contribution in [3.8, 4) is 0 Å². The van der Waals surface area contributed by atoms with Crippen molar-refractivity contribution < 1.29 is 4.79 Å².